The van der Waals surface area contributed by atoms with Gasteiger partial charge in [-0.3, -0.25) is 9.59 Å². The molecule has 6 heteroatoms. The highest BCUT2D eigenvalue weighted by atomic mass is 32.1. The normalized spacial score (nSPS) is 13.0. The van der Waals surface area contributed by atoms with E-state index in [9.17, 15) is 9.59 Å². The van der Waals surface area contributed by atoms with Crippen LogP contribution < -0.4 is 10.6 Å². The molecule has 0 aliphatic heterocycles. The van der Waals surface area contributed by atoms with Crippen LogP contribution in [0.25, 0.3) is 0 Å². The van der Waals surface area contributed by atoms with Crippen LogP contribution in [0, 0.1) is 0 Å². The fraction of sp³-hybridized carbons (Fsp3) is 0.429. The van der Waals surface area contributed by atoms with Crippen molar-refractivity contribution < 1.29 is 14.9 Å². The van der Waals surface area contributed by atoms with E-state index in [1.165, 1.54) is 20.9 Å². The first kappa shape index (κ1) is 21.1. The summed E-state index contributed by atoms with van der Waals surface area (Å²) in [7, 11) is 3.35. The Morgan fingerprint density at radius 3 is 2.37 bits per heavy atom. The van der Waals surface area contributed by atoms with Gasteiger partial charge >= 0.3 is 0 Å². The van der Waals surface area contributed by atoms with Crippen molar-refractivity contribution >= 4 is 23.2 Å². The number of carbonyl (C=O) groups is 2. The Labute approximate surface area is 165 Å². The molecule has 0 saturated carbocycles. The highest BCUT2D eigenvalue weighted by Crippen LogP contribution is 2.25. The quantitative estimate of drug-likeness (QED) is 0.691. The van der Waals surface area contributed by atoms with Crippen LogP contribution in [-0.2, 0) is 9.59 Å². The molecule has 2 aromatic rings. The summed E-state index contributed by atoms with van der Waals surface area (Å²) in [5.74, 6) is 0.296. The fourth-order valence-electron chi connectivity index (χ4n) is 2.78. The molecule has 0 fully saturated rings. The van der Waals surface area contributed by atoms with Gasteiger partial charge < -0.3 is 15.5 Å². The van der Waals surface area contributed by atoms with E-state index in [-0.39, 0.29) is 30.9 Å². The van der Waals surface area contributed by atoms with Crippen molar-refractivity contribution in [1.82, 2.24) is 10.2 Å². The number of rotatable bonds is 9. The summed E-state index contributed by atoms with van der Waals surface area (Å²) in [5.41, 5.74) is 2.52. The number of benzene rings is 1. The average Bonchev–Trinajstić information content (AvgIpc) is 3.20. The van der Waals surface area contributed by atoms with E-state index in [0.29, 0.717) is 5.92 Å². The lowest BCUT2D eigenvalue weighted by atomic mass is 9.95. The van der Waals surface area contributed by atoms with Crippen LogP contribution in [-0.4, -0.2) is 43.9 Å². The largest absolute Gasteiger partial charge is 0.347 e. The number of likely N-dealkylation sites (N-methyl/N-ethyl adjacent to an activating group) is 1. The second-order valence-electron chi connectivity index (χ2n) is 6.97. The molecule has 2 amide bonds. The van der Waals surface area contributed by atoms with Crippen molar-refractivity contribution in [2.75, 3.05) is 27.2 Å². The highest BCUT2D eigenvalue weighted by molar-refractivity contribution is 7.10. The summed E-state index contributed by atoms with van der Waals surface area (Å²) >= 11 is 1.69. The number of nitrogens with two attached hydrogens (primary N) is 1. The van der Waals surface area contributed by atoms with E-state index in [1.54, 1.807) is 25.4 Å². The maximum absolute atomic E-state index is 12.1. The molecule has 1 aromatic heterocycles. The standard InChI is InChI=1S/C21H29N3O2S/c1-5-15(2)16-8-10-17(11-9-16)21(18-7-6-12-27-18)23-13-19(25)22-14-20(26)24(3)4/h6-12,15,21,23H,5,13-14H2,1-4H3,(H,22,25)/p+1/t15-,21-/m1/s1. The average molecular weight is 389 g/mol. The molecule has 0 spiro atoms. The number of amides is 2. The van der Waals surface area contributed by atoms with E-state index >= 15 is 0 Å². The molecule has 0 bridgehead atoms. The van der Waals surface area contributed by atoms with Crippen LogP contribution >= 0.6 is 11.3 Å². The Morgan fingerprint density at radius 2 is 1.81 bits per heavy atom. The van der Waals surface area contributed by atoms with Crippen LogP contribution in [0.3, 0.4) is 0 Å². The third-order valence-corrected chi connectivity index (χ3v) is 5.76. The Kier molecular flexibility index (Phi) is 8.00. The maximum atomic E-state index is 12.1. The zero-order chi connectivity index (χ0) is 19.8. The third kappa shape index (κ3) is 6.19. The molecule has 5 nitrogen and oxygen atoms in total. The second-order valence-corrected chi connectivity index (χ2v) is 7.95. The van der Waals surface area contributed by atoms with E-state index in [2.05, 4.69) is 54.9 Å². The van der Waals surface area contributed by atoms with Crippen LogP contribution in [0.4, 0.5) is 0 Å². The summed E-state index contributed by atoms with van der Waals surface area (Å²) in [5, 5.41) is 6.77. The Bertz CT molecular complexity index is 726. The van der Waals surface area contributed by atoms with Crippen LogP contribution in [0.2, 0.25) is 0 Å². The zero-order valence-corrected chi connectivity index (χ0v) is 17.4. The van der Waals surface area contributed by atoms with Crippen LogP contribution in [0.15, 0.2) is 41.8 Å². The van der Waals surface area contributed by atoms with Crippen LogP contribution in [0.1, 0.15) is 48.2 Å². The van der Waals surface area contributed by atoms with E-state index < -0.39 is 0 Å². The second kappa shape index (κ2) is 10.2. The molecule has 2 atom stereocenters. The first-order valence-corrected chi connectivity index (χ1v) is 10.2. The van der Waals surface area contributed by atoms with Gasteiger partial charge in [-0.15, -0.1) is 11.3 Å². The molecule has 0 saturated heterocycles. The first-order valence-electron chi connectivity index (χ1n) is 9.35. The van der Waals surface area contributed by atoms with Gasteiger partial charge in [0.1, 0.15) is 6.04 Å². The lowest BCUT2D eigenvalue weighted by Crippen LogP contribution is -2.87. The summed E-state index contributed by atoms with van der Waals surface area (Å²) in [6, 6.07) is 12.9. The molecule has 0 radical (unpaired) electrons. The predicted octanol–water partition coefficient (Wildman–Crippen LogP) is 2.12. The molecule has 2 rings (SSSR count). The minimum absolute atomic E-state index is 0.0347. The fourth-order valence-corrected chi connectivity index (χ4v) is 3.63. The maximum Gasteiger partial charge on any atom is 0.275 e. The van der Waals surface area contributed by atoms with Gasteiger partial charge in [-0.05, 0) is 29.3 Å². The van der Waals surface area contributed by atoms with Crippen molar-refractivity contribution in [3.05, 3.63) is 57.8 Å². The molecule has 0 unspecified atom stereocenters. The van der Waals surface area contributed by atoms with Crippen molar-refractivity contribution in [2.24, 2.45) is 0 Å². The molecule has 0 aliphatic carbocycles. The third-order valence-electron chi connectivity index (χ3n) is 4.80. The molecule has 146 valence electrons. The number of thiophene rings is 1. The van der Waals surface area contributed by atoms with Crippen molar-refractivity contribution in [1.29, 1.82) is 0 Å². The summed E-state index contributed by atoms with van der Waals surface area (Å²) in [6.07, 6.45) is 1.12. The Hall–Kier alpha value is -2.18. The van der Waals surface area contributed by atoms with Crippen molar-refractivity contribution in [2.45, 2.75) is 32.2 Å². The number of nitrogens with one attached hydrogen (secondary N) is 1. The van der Waals surface area contributed by atoms with Gasteiger partial charge in [0.05, 0.1) is 11.4 Å². The zero-order valence-electron chi connectivity index (χ0n) is 16.6. The van der Waals surface area contributed by atoms with Crippen molar-refractivity contribution in [3.8, 4) is 0 Å². The topological polar surface area (TPSA) is 66.0 Å². The van der Waals surface area contributed by atoms with Gasteiger partial charge in [0.15, 0.2) is 6.54 Å². The SMILES string of the molecule is CC[C@@H](C)c1ccc([C@@H]([NH2+]CC(=O)NCC(=O)N(C)C)c2cccs2)cc1. The molecular formula is C21H30N3O2S+. The van der Waals surface area contributed by atoms with E-state index in [4.69, 9.17) is 0 Å². The lowest BCUT2D eigenvalue weighted by molar-refractivity contribution is -0.676. The minimum atomic E-state index is -0.136. The molecular weight excluding hydrogens is 358 g/mol. The summed E-state index contributed by atoms with van der Waals surface area (Å²) < 4.78 is 0. The minimum Gasteiger partial charge on any atom is -0.347 e. The van der Waals surface area contributed by atoms with Gasteiger partial charge in [-0.1, -0.05) is 44.2 Å². The van der Waals surface area contributed by atoms with Gasteiger partial charge in [0.25, 0.3) is 5.91 Å². The highest BCUT2D eigenvalue weighted by Gasteiger charge is 2.20. The molecule has 1 heterocycles. The number of hydrogen-bond donors (Lipinski definition) is 2. The smallest absolute Gasteiger partial charge is 0.275 e. The number of quaternary nitrogens is 1. The number of nitrogens with zero attached hydrogens (tertiary/aromatic N) is 1. The van der Waals surface area contributed by atoms with E-state index in [0.717, 1.165) is 6.42 Å². The molecule has 1 aromatic carbocycles. The number of carbonyl (C=O) groups excluding carboxylic acids is 2. The lowest BCUT2D eigenvalue weighted by Gasteiger charge is -2.16. The summed E-state index contributed by atoms with van der Waals surface area (Å²) in [4.78, 5) is 26.4. The Balaban J connectivity index is 2.03. The first-order chi connectivity index (χ1) is 12.9. The van der Waals surface area contributed by atoms with Crippen molar-refractivity contribution in [3.63, 3.8) is 0 Å². The number of hydrogen-bond acceptors (Lipinski definition) is 3. The van der Waals surface area contributed by atoms with Crippen LogP contribution in [0.5, 0.6) is 0 Å². The monoisotopic (exact) mass is 388 g/mol. The molecule has 0 aliphatic rings. The Morgan fingerprint density at radius 1 is 1.15 bits per heavy atom. The van der Waals surface area contributed by atoms with Gasteiger partial charge in [-0.2, -0.15) is 0 Å². The van der Waals surface area contributed by atoms with Gasteiger partial charge in [-0.25, -0.2) is 0 Å². The molecule has 3 N–H and O–H groups in total. The van der Waals surface area contributed by atoms with Gasteiger partial charge in [0, 0.05) is 19.7 Å². The van der Waals surface area contributed by atoms with E-state index in [1.807, 2.05) is 11.4 Å². The predicted molar refractivity (Wildman–Crippen MR) is 110 cm³/mol. The molecule has 27 heavy (non-hydrogen) atoms. The van der Waals surface area contributed by atoms with Gasteiger partial charge in [0.2, 0.25) is 5.91 Å². The summed E-state index contributed by atoms with van der Waals surface area (Å²) in [6.45, 7) is 4.74.